The molecular formula is C17H24N4O2. The molecule has 2 N–H and O–H groups in total. The first-order valence-corrected chi connectivity index (χ1v) is 8.13. The van der Waals surface area contributed by atoms with Crippen LogP contribution in [0.1, 0.15) is 32.6 Å². The maximum absolute atomic E-state index is 6.19. The van der Waals surface area contributed by atoms with Crippen molar-refractivity contribution in [2.24, 2.45) is 0 Å². The number of hydrogen-bond donors (Lipinski definition) is 1. The summed E-state index contributed by atoms with van der Waals surface area (Å²) in [6, 6.07) is 4.18. The standard InChI is InChI=1S/C17H24N4O2/c1-4-11-7-5-6-8-21(11)17-19-13-10-15(23-3)14(22-2)9-12(13)16(18)20-17/h9-11H,4-8H2,1-3H3,(H2,18,19,20). The zero-order valence-electron chi connectivity index (χ0n) is 14.0. The van der Waals surface area contributed by atoms with Crippen molar-refractivity contribution < 1.29 is 9.47 Å². The Bertz CT molecular complexity index is 705. The minimum Gasteiger partial charge on any atom is -0.493 e. The lowest BCUT2D eigenvalue weighted by molar-refractivity contribution is 0.356. The number of anilines is 2. The highest BCUT2D eigenvalue weighted by molar-refractivity contribution is 5.91. The van der Waals surface area contributed by atoms with Crippen LogP contribution in [0.5, 0.6) is 11.5 Å². The first-order valence-electron chi connectivity index (χ1n) is 8.13. The minimum absolute atomic E-state index is 0.478. The molecule has 0 amide bonds. The smallest absolute Gasteiger partial charge is 0.228 e. The Morgan fingerprint density at radius 3 is 2.61 bits per heavy atom. The Balaban J connectivity index is 2.09. The zero-order chi connectivity index (χ0) is 16.4. The van der Waals surface area contributed by atoms with Gasteiger partial charge in [-0.3, -0.25) is 0 Å². The highest BCUT2D eigenvalue weighted by Crippen LogP contribution is 2.35. The molecule has 0 bridgehead atoms. The highest BCUT2D eigenvalue weighted by atomic mass is 16.5. The Hall–Kier alpha value is -2.24. The van der Waals surface area contributed by atoms with E-state index < -0.39 is 0 Å². The van der Waals surface area contributed by atoms with E-state index in [4.69, 9.17) is 20.2 Å². The predicted octanol–water partition coefficient (Wildman–Crippen LogP) is 3.00. The lowest BCUT2D eigenvalue weighted by Crippen LogP contribution is -2.40. The van der Waals surface area contributed by atoms with Crippen LogP contribution in [0, 0.1) is 0 Å². The predicted molar refractivity (Wildman–Crippen MR) is 92.3 cm³/mol. The molecule has 1 aliphatic rings. The van der Waals surface area contributed by atoms with E-state index in [0.29, 0.717) is 29.3 Å². The van der Waals surface area contributed by atoms with Gasteiger partial charge in [-0.2, -0.15) is 4.98 Å². The highest BCUT2D eigenvalue weighted by Gasteiger charge is 2.24. The molecule has 0 radical (unpaired) electrons. The van der Waals surface area contributed by atoms with E-state index in [-0.39, 0.29) is 0 Å². The van der Waals surface area contributed by atoms with Gasteiger partial charge in [-0.15, -0.1) is 0 Å². The third-order valence-corrected chi connectivity index (χ3v) is 4.57. The number of benzene rings is 1. The average Bonchev–Trinajstić information content (AvgIpc) is 2.60. The second-order valence-electron chi connectivity index (χ2n) is 5.88. The fourth-order valence-electron chi connectivity index (χ4n) is 3.28. The van der Waals surface area contributed by atoms with Gasteiger partial charge < -0.3 is 20.1 Å². The van der Waals surface area contributed by atoms with E-state index in [1.54, 1.807) is 14.2 Å². The molecule has 6 heteroatoms. The van der Waals surface area contributed by atoms with Crippen molar-refractivity contribution in [3.63, 3.8) is 0 Å². The summed E-state index contributed by atoms with van der Waals surface area (Å²) in [6.07, 6.45) is 4.71. The third kappa shape index (κ3) is 2.85. The molecular weight excluding hydrogens is 292 g/mol. The molecule has 1 atom stereocenters. The molecule has 3 rings (SSSR count). The molecule has 23 heavy (non-hydrogen) atoms. The molecule has 1 aliphatic heterocycles. The number of nitrogens with two attached hydrogens (primary N) is 1. The molecule has 0 saturated carbocycles. The van der Waals surface area contributed by atoms with Gasteiger partial charge in [0.2, 0.25) is 5.95 Å². The fourth-order valence-corrected chi connectivity index (χ4v) is 3.28. The number of ether oxygens (including phenoxy) is 2. The summed E-state index contributed by atoms with van der Waals surface area (Å²) in [7, 11) is 3.22. The van der Waals surface area contributed by atoms with E-state index in [1.807, 2.05) is 12.1 Å². The van der Waals surface area contributed by atoms with Crippen LogP contribution in [0.2, 0.25) is 0 Å². The number of rotatable bonds is 4. The number of fused-ring (bicyclic) bond motifs is 1. The van der Waals surface area contributed by atoms with Crippen molar-refractivity contribution in [3.8, 4) is 11.5 Å². The van der Waals surface area contributed by atoms with Crippen LogP contribution < -0.4 is 20.1 Å². The number of methoxy groups -OCH3 is 2. The van der Waals surface area contributed by atoms with Gasteiger partial charge in [0.25, 0.3) is 0 Å². The van der Waals surface area contributed by atoms with Gasteiger partial charge in [0.05, 0.1) is 19.7 Å². The van der Waals surface area contributed by atoms with Gasteiger partial charge in [-0.1, -0.05) is 6.92 Å². The molecule has 1 saturated heterocycles. The average molecular weight is 316 g/mol. The topological polar surface area (TPSA) is 73.5 Å². The first kappa shape index (κ1) is 15.6. The molecule has 124 valence electrons. The molecule has 6 nitrogen and oxygen atoms in total. The van der Waals surface area contributed by atoms with Crippen LogP contribution in [-0.2, 0) is 0 Å². The molecule has 2 aromatic rings. The zero-order valence-corrected chi connectivity index (χ0v) is 14.0. The number of nitrogens with zero attached hydrogens (tertiary/aromatic N) is 3. The summed E-state index contributed by atoms with van der Waals surface area (Å²) >= 11 is 0. The Labute approximate surface area is 136 Å². The Morgan fingerprint density at radius 2 is 1.91 bits per heavy atom. The van der Waals surface area contributed by atoms with Crippen LogP contribution in [-0.4, -0.2) is 36.8 Å². The Morgan fingerprint density at radius 1 is 1.17 bits per heavy atom. The van der Waals surface area contributed by atoms with E-state index >= 15 is 0 Å². The van der Waals surface area contributed by atoms with Gasteiger partial charge >= 0.3 is 0 Å². The molecule has 1 fully saturated rings. The summed E-state index contributed by atoms with van der Waals surface area (Å²) in [4.78, 5) is 11.6. The summed E-state index contributed by atoms with van der Waals surface area (Å²) < 4.78 is 10.7. The molecule has 0 aliphatic carbocycles. The summed E-state index contributed by atoms with van der Waals surface area (Å²) in [5.74, 6) is 2.47. The second kappa shape index (κ2) is 6.48. The van der Waals surface area contributed by atoms with E-state index in [1.165, 1.54) is 19.3 Å². The van der Waals surface area contributed by atoms with Crippen LogP contribution in [0.3, 0.4) is 0 Å². The first-order chi connectivity index (χ1) is 11.2. The summed E-state index contributed by atoms with van der Waals surface area (Å²) in [5, 5.41) is 0.788. The monoisotopic (exact) mass is 316 g/mol. The van der Waals surface area contributed by atoms with Crippen molar-refractivity contribution >= 4 is 22.7 Å². The van der Waals surface area contributed by atoms with Gasteiger partial charge in [0.1, 0.15) is 5.82 Å². The van der Waals surface area contributed by atoms with Gasteiger partial charge in [0.15, 0.2) is 11.5 Å². The third-order valence-electron chi connectivity index (χ3n) is 4.57. The fraction of sp³-hybridized carbons (Fsp3) is 0.529. The maximum atomic E-state index is 6.19. The molecule has 0 spiro atoms. The van der Waals surface area contributed by atoms with E-state index in [0.717, 1.165) is 23.9 Å². The van der Waals surface area contributed by atoms with Crippen molar-refractivity contribution in [2.45, 2.75) is 38.6 Å². The lowest BCUT2D eigenvalue weighted by Gasteiger charge is -2.35. The van der Waals surface area contributed by atoms with E-state index in [9.17, 15) is 0 Å². The largest absolute Gasteiger partial charge is 0.493 e. The summed E-state index contributed by atoms with van der Waals surface area (Å²) in [6.45, 7) is 3.19. The van der Waals surface area contributed by atoms with Crippen molar-refractivity contribution in [1.29, 1.82) is 0 Å². The molecule has 1 unspecified atom stereocenters. The minimum atomic E-state index is 0.478. The van der Waals surface area contributed by atoms with E-state index in [2.05, 4.69) is 16.8 Å². The number of piperidine rings is 1. The van der Waals surface area contributed by atoms with Crippen LogP contribution in [0.25, 0.3) is 10.9 Å². The Kier molecular flexibility index (Phi) is 4.41. The van der Waals surface area contributed by atoms with Crippen molar-refractivity contribution in [2.75, 3.05) is 31.4 Å². The van der Waals surface area contributed by atoms with Crippen LogP contribution in [0.15, 0.2) is 12.1 Å². The quantitative estimate of drug-likeness (QED) is 0.934. The molecule has 2 heterocycles. The number of aromatic nitrogens is 2. The van der Waals surface area contributed by atoms with Crippen molar-refractivity contribution in [1.82, 2.24) is 9.97 Å². The molecule has 1 aromatic carbocycles. The van der Waals surface area contributed by atoms with Gasteiger partial charge in [-0.05, 0) is 31.7 Å². The van der Waals surface area contributed by atoms with Crippen LogP contribution in [0.4, 0.5) is 11.8 Å². The lowest BCUT2D eigenvalue weighted by atomic mass is 10.0. The normalized spacial score (nSPS) is 18.2. The van der Waals surface area contributed by atoms with Gasteiger partial charge in [0, 0.05) is 24.0 Å². The van der Waals surface area contributed by atoms with Crippen LogP contribution >= 0.6 is 0 Å². The maximum Gasteiger partial charge on any atom is 0.228 e. The molecule has 1 aromatic heterocycles. The summed E-state index contributed by atoms with van der Waals surface area (Å²) in [5.41, 5.74) is 6.97. The number of hydrogen-bond acceptors (Lipinski definition) is 6. The van der Waals surface area contributed by atoms with Gasteiger partial charge in [-0.25, -0.2) is 4.98 Å². The van der Waals surface area contributed by atoms with Crippen molar-refractivity contribution in [3.05, 3.63) is 12.1 Å². The SMILES string of the molecule is CCC1CCCCN1c1nc(N)c2cc(OC)c(OC)cc2n1. The second-order valence-corrected chi connectivity index (χ2v) is 5.88. The number of nitrogen functional groups attached to an aromatic ring is 1.